The van der Waals surface area contributed by atoms with Gasteiger partial charge in [-0.2, -0.15) is 10.4 Å². The summed E-state index contributed by atoms with van der Waals surface area (Å²) >= 11 is 0. The maximum absolute atomic E-state index is 12.3. The number of rotatable bonds is 5. The Balaban J connectivity index is 1.48. The number of aromatic nitrogens is 3. The Labute approximate surface area is 169 Å². The summed E-state index contributed by atoms with van der Waals surface area (Å²) in [5, 5.41) is 18.7. The molecule has 0 bridgehead atoms. The Morgan fingerprint density at radius 2 is 1.93 bits per heavy atom. The van der Waals surface area contributed by atoms with Crippen molar-refractivity contribution in [3.63, 3.8) is 0 Å². The van der Waals surface area contributed by atoms with Gasteiger partial charge in [0.05, 0.1) is 17.7 Å². The first-order chi connectivity index (χ1) is 14.2. The summed E-state index contributed by atoms with van der Waals surface area (Å²) in [6, 6.07) is 15.8. The van der Waals surface area contributed by atoms with Gasteiger partial charge in [0, 0.05) is 37.7 Å². The molecule has 0 saturated carbocycles. The van der Waals surface area contributed by atoms with Gasteiger partial charge in [0.25, 0.3) is 5.91 Å². The lowest BCUT2D eigenvalue weighted by atomic mass is 9.94. The molecule has 3 aromatic rings. The molecule has 1 aliphatic rings. The SMILES string of the molecule is N#Cc1ccc(C(c2cccnc2)N2CCC(NC(=O)c3ccn[nH]3)CC2)cc1. The highest BCUT2D eigenvalue weighted by Crippen LogP contribution is 2.31. The molecule has 0 radical (unpaired) electrons. The van der Waals surface area contributed by atoms with Gasteiger partial charge in [0.15, 0.2) is 0 Å². The number of amides is 1. The van der Waals surface area contributed by atoms with Crippen LogP contribution in [0.3, 0.4) is 0 Å². The van der Waals surface area contributed by atoms with Crippen LogP contribution < -0.4 is 5.32 Å². The monoisotopic (exact) mass is 386 g/mol. The Morgan fingerprint density at radius 1 is 1.14 bits per heavy atom. The zero-order chi connectivity index (χ0) is 20.1. The number of nitrogens with zero attached hydrogens (tertiary/aromatic N) is 4. The number of likely N-dealkylation sites (tertiary alicyclic amines) is 1. The number of benzene rings is 1. The summed E-state index contributed by atoms with van der Waals surface area (Å²) in [7, 11) is 0. The van der Waals surface area contributed by atoms with Crippen molar-refractivity contribution in [3.8, 4) is 6.07 Å². The summed E-state index contributed by atoms with van der Waals surface area (Å²) in [4.78, 5) is 19.0. The fraction of sp³-hybridized carbons (Fsp3) is 0.273. The van der Waals surface area contributed by atoms with Crippen molar-refractivity contribution in [2.24, 2.45) is 0 Å². The molecular weight excluding hydrogens is 364 g/mol. The van der Waals surface area contributed by atoms with E-state index < -0.39 is 0 Å². The molecule has 4 rings (SSSR count). The molecule has 1 saturated heterocycles. The van der Waals surface area contributed by atoms with E-state index >= 15 is 0 Å². The standard InChI is InChI=1S/C22H22N6O/c23-14-16-3-5-17(6-4-16)21(18-2-1-10-24-15-18)28-12-8-19(9-13-28)26-22(29)20-7-11-25-27-20/h1-7,10-11,15,19,21H,8-9,12-13H2,(H,25,27)(H,26,29). The van der Waals surface area contributed by atoms with Gasteiger partial charge in [-0.3, -0.25) is 19.8 Å². The van der Waals surface area contributed by atoms with Gasteiger partial charge in [-0.05, 0) is 48.2 Å². The maximum Gasteiger partial charge on any atom is 0.269 e. The predicted octanol–water partition coefficient (Wildman–Crippen LogP) is 2.66. The first-order valence-electron chi connectivity index (χ1n) is 9.69. The number of nitriles is 1. The average Bonchev–Trinajstić information content (AvgIpc) is 3.32. The topological polar surface area (TPSA) is 97.7 Å². The van der Waals surface area contributed by atoms with E-state index in [1.807, 2.05) is 36.5 Å². The molecule has 1 fully saturated rings. The lowest BCUT2D eigenvalue weighted by Crippen LogP contribution is -2.46. The Bertz CT molecular complexity index is 970. The quantitative estimate of drug-likeness (QED) is 0.703. The van der Waals surface area contributed by atoms with Crippen LogP contribution >= 0.6 is 0 Å². The molecular formula is C22H22N6O. The second kappa shape index (κ2) is 8.67. The van der Waals surface area contributed by atoms with Crippen molar-refractivity contribution in [1.29, 1.82) is 5.26 Å². The average molecular weight is 386 g/mol. The van der Waals surface area contributed by atoms with E-state index in [0.717, 1.165) is 37.1 Å². The smallest absolute Gasteiger partial charge is 0.269 e. The predicted molar refractivity (Wildman–Crippen MR) is 108 cm³/mol. The zero-order valence-electron chi connectivity index (χ0n) is 16.0. The zero-order valence-corrected chi connectivity index (χ0v) is 16.0. The number of H-pyrrole nitrogens is 1. The largest absolute Gasteiger partial charge is 0.348 e. The van der Waals surface area contributed by atoms with Crippen molar-refractivity contribution in [3.05, 3.63) is 83.4 Å². The minimum Gasteiger partial charge on any atom is -0.348 e. The molecule has 2 N–H and O–H groups in total. The van der Waals surface area contributed by atoms with E-state index in [4.69, 9.17) is 5.26 Å². The van der Waals surface area contributed by atoms with Crippen LogP contribution in [0.5, 0.6) is 0 Å². The lowest BCUT2D eigenvalue weighted by molar-refractivity contribution is 0.0895. The molecule has 0 aliphatic carbocycles. The first kappa shape index (κ1) is 18.8. The third-order valence-electron chi connectivity index (χ3n) is 5.33. The number of piperidine rings is 1. The highest BCUT2D eigenvalue weighted by Gasteiger charge is 2.28. The number of pyridine rings is 1. The third kappa shape index (κ3) is 4.33. The number of carbonyl (C=O) groups is 1. The summed E-state index contributed by atoms with van der Waals surface area (Å²) < 4.78 is 0. The molecule has 0 spiro atoms. The van der Waals surface area contributed by atoms with Crippen LogP contribution in [0.1, 0.15) is 46.1 Å². The molecule has 7 nitrogen and oxygen atoms in total. The van der Waals surface area contributed by atoms with Gasteiger partial charge in [-0.1, -0.05) is 18.2 Å². The van der Waals surface area contributed by atoms with Crippen molar-refractivity contribution >= 4 is 5.91 Å². The van der Waals surface area contributed by atoms with E-state index in [9.17, 15) is 4.79 Å². The molecule has 146 valence electrons. The van der Waals surface area contributed by atoms with E-state index in [0.29, 0.717) is 11.3 Å². The summed E-state index contributed by atoms with van der Waals surface area (Å²) in [5.74, 6) is -0.114. The van der Waals surface area contributed by atoms with Crippen LogP contribution in [0, 0.1) is 11.3 Å². The van der Waals surface area contributed by atoms with Gasteiger partial charge in [0.2, 0.25) is 0 Å². The highest BCUT2D eigenvalue weighted by molar-refractivity contribution is 5.92. The number of carbonyl (C=O) groups excluding carboxylic acids is 1. The fourth-order valence-corrected chi connectivity index (χ4v) is 3.84. The van der Waals surface area contributed by atoms with Crippen LogP contribution in [0.4, 0.5) is 0 Å². The molecule has 1 amide bonds. The van der Waals surface area contributed by atoms with Crippen molar-refractivity contribution in [2.45, 2.75) is 24.9 Å². The summed E-state index contributed by atoms with van der Waals surface area (Å²) in [6.07, 6.45) is 6.99. The first-order valence-corrected chi connectivity index (χ1v) is 9.69. The van der Waals surface area contributed by atoms with Crippen LogP contribution in [-0.2, 0) is 0 Å². The van der Waals surface area contributed by atoms with Crippen LogP contribution in [0.2, 0.25) is 0 Å². The van der Waals surface area contributed by atoms with Crippen LogP contribution in [-0.4, -0.2) is 45.1 Å². The van der Waals surface area contributed by atoms with E-state index in [2.05, 4.69) is 37.5 Å². The van der Waals surface area contributed by atoms with E-state index in [1.54, 1.807) is 18.5 Å². The maximum atomic E-state index is 12.3. The van der Waals surface area contributed by atoms with Gasteiger partial charge >= 0.3 is 0 Å². The molecule has 3 heterocycles. The van der Waals surface area contributed by atoms with Gasteiger partial charge < -0.3 is 5.32 Å². The molecule has 1 atom stereocenters. The molecule has 7 heteroatoms. The van der Waals surface area contributed by atoms with Gasteiger partial charge in [0.1, 0.15) is 5.69 Å². The van der Waals surface area contributed by atoms with E-state index in [1.165, 1.54) is 0 Å². The summed E-state index contributed by atoms with van der Waals surface area (Å²) in [6.45, 7) is 1.71. The number of hydrogen-bond acceptors (Lipinski definition) is 5. The minimum atomic E-state index is -0.114. The highest BCUT2D eigenvalue weighted by atomic mass is 16.2. The Morgan fingerprint density at radius 3 is 2.55 bits per heavy atom. The van der Waals surface area contributed by atoms with Crippen LogP contribution in [0.25, 0.3) is 0 Å². The Kier molecular flexibility index (Phi) is 5.63. The Hall–Kier alpha value is -3.50. The van der Waals surface area contributed by atoms with E-state index in [-0.39, 0.29) is 18.0 Å². The summed E-state index contributed by atoms with van der Waals surface area (Å²) in [5.41, 5.74) is 3.39. The second-order valence-corrected chi connectivity index (χ2v) is 7.18. The molecule has 1 unspecified atom stereocenters. The number of nitrogens with one attached hydrogen (secondary N) is 2. The van der Waals surface area contributed by atoms with Gasteiger partial charge in [-0.25, -0.2) is 0 Å². The lowest BCUT2D eigenvalue weighted by Gasteiger charge is -2.38. The normalized spacial score (nSPS) is 16.1. The number of aromatic amines is 1. The number of hydrogen-bond donors (Lipinski definition) is 2. The van der Waals surface area contributed by atoms with Crippen molar-refractivity contribution in [2.75, 3.05) is 13.1 Å². The van der Waals surface area contributed by atoms with Crippen LogP contribution in [0.15, 0.2) is 61.1 Å². The van der Waals surface area contributed by atoms with Crippen molar-refractivity contribution < 1.29 is 4.79 Å². The molecule has 1 aromatic carbocycles. The third-order valence-corrected chi connectivity index (χ3v) is 5.33. The minimum absolute atomic E-state index is 0.0701. The fourth-order valence-electron chi connectivity index (χ4n) is 3.84. The molecule has 2 aromatic heterocycles. The second-order valence-electron chi connectivity index (χ2n) is 7.18. The van der Waals surface area contributed by atoms with Gasteiger partial charge in [-0.15, -0.1) is 0 Å². The molecule has 1 aliphatic heterocycles. The molecule has 29 heavy (non-hydrogen) atoms. The van der Waals surface area contributed by atoms with Crippen molar-refractivity contribution in [1.82, 2.24) is 25.4 Å².